The van der Waals surface area contributed by atoms with Crippen LogP contribution < -0.4 is 0 Å². The highest BCUT2D eigenvalue weighted by Crippen LogP contribution is 2.55. The quantitative estimate of drug-likeness (QED) is 0.252. The van der Waals surface area contributed by atoms with Crippen molar-refractivity contribution in [2.24, 2.45) is 0 Å². The fourth-order valence-corrected chi connectivity index (χ4v) is 4.30. The molecule has 0 fully saturated rings. The Morgan fingerprint density at radius 2 is 0.844 bits per heavy atom. The minimum atomic E-state index is -0.227. The van der Waals surface area contributed by atoms with Gasteiger partial charge < -0.3 is 25.5 Å². The van der Waals surface area contributed by atoms with Gasteiger partial charge in [0.25, 0.3) is 0 Å². The first-order chi connectivity index (χ1) is 15.2. The third-order valence-corrected chi connectivity index (χ3v) is 5.80. The van der Waals surface area contributed by atoms with Gasteiger partial charge in [-0.05, 0) is 61.7 Å². The number of phenols is 5. The summed E-state index contributed by atoms with van der Waals surface area (Å²) in [4.78, 5) is 0. The summed E-state index contributed by atoms with van der Waals surface area (Å²) < 4.78 is 0. The smallest absolute Gasteiger partial charge is 0.132 e. The molecular weight excluding hydrogens is 404 g/mol. The van der Waals surface area contributed by atoms with Gasteiger partial charge in [-0.2, -0.15) is 0 Å². The van der Waals surface area contributed by atoms with Crippen LogP contribution in [0.25, 0.3) is 33.4 Å². The Hall–Kier alpha value is -4.12. The first kappa shape index (κ1) is 21.1. The Morgan fingerprint density at radius 3 is 1.28 bits per heavy atom. The maximum absolute atomic E-state index is 11.5. The topological polar surface area (TPSA) is 101 Å². The Kier molecular flexibility index (Phi) is 5.18. The molecule has 32 heavy (non-hydrogen) atoms. The Balaban J connectivity index is 2.22. The number of aryl methyl sites for hydroxylation is 3. The van der Waals surface area contributed by atoms with Crippen molar-refractivity contribution in [3.8, 4) is 62.1 Å². The zero-order chi connectivity index (χ0) is 23.2. The van der Waals surface area contributed by atoms with Crippen LogP contribution in [0, 0.1) is 20.8 Å². The lowest BCUT2D eigenvalue weighted by molar-refractivity contribution is 0.457. The Labute approximate surface area is 186 Å². The highest BCUT2D eigenvalue weighted by atomic mass is 16.3. The SMILES string of the molecule is Cc1cccc(O)c1-c1cc(O)c(-c2c(C)cccc2O)c(-c2c(C)cccc2O)c1O. The number of hydrogen-bond donors (Lipinski definition) is 5. The normalized spacial score (nSPS) is 11.0. The van der Waals surface area contributed by atoms with Gasteiger partial charge in [-0.3, -0.25) is 0 Å². The van der Waals surface area contributed by atoms with Crippen LogP contribution in [0.3, 0.4) is 0 Å². The van der Waals surface area contributed by atoms with Crippen molar-refractivity contribution in [3.63, 3.8) is 0 Å². The lowest BCUT2D eigenvalue weighted by atomic mass is 9.84. The fraction of sp³-hybridized carbons (Fsp3) is 0.111. The first-order valence-electron chi connectivity index (χ1n) is 10.2. The molecule has 5 heteroatoms. The van der Waals surface area contributed by atoms with Gasteiger partial charge in [-0.1, -0.05) is 36.4 Å². The third kappa shape index (κ3) is 3.28. The lowest BCUT2D eigenvalue weighted by Gasteiger charge is -2.22. The van der Waals surface area contributed by atoms with Gasteiger partial charge in [0, 0.05) is 33.4 Å². The molecule has 0 unspecified atom stereocenters. The highest BCUT2D eigenvalue weighted by molar-refractivity contribution is 6.01. The largest absolute Gasteiger partial charge is 0.507 e. The van der Waals surface area contributed by atoms with Gasteiger partial charge in [-0.15, -0.1) is 0 Å². The van der Waals surface area contributed by atoms with E-state index in [2.05, 4.69) is 0 Å². The van der Waals surface area contributed by atoms with Crippen LogP contribution in [-0.2, 0) is 0 Å². The van der Waals surface area contributed by atoms with Crippen LogP contribution in [0.2, 0.25) is 0 Å². The average Bonchev–Trinajstić information content (AvgIpc) is 2.72. The second-order valence-corrected chi connectivity index (χ2v) is 7.95. The van der Waals surface area contributed by atoms with E-state index < -0.39 is 0 Å². The lowest BCUT2D eigenvalue weighted by Crippen LogP contribution is -1.96. The van der Waals surface area contributed by atoms with Crippen LogP contribution in [0.4, 0.5) is 0 Å². The van der Waals surface area contributed by atoms with Gasteiger partial charge in [-0.25, -0.2) is 0 Å². The monoisotopic (exact) mass is 428 g/mol. The molecule has 0 aliphatic carbocycles. The Bertz CT molecular complexity index is 1290. The molecule has 0 radical (unpaired) electrons. The van der Waals surface area contributed by atoms with E-state index in [0.29, 0.717) is 33.4 Å². The second kappa shape index (κ2) is 7.85. The van der Waals surface area contributed by atoms with Crippen molar-refractivity contribution in [1.29, 1.82) is 0 Å². The third-order valence-electron chi connectivity index (χ3n) is 5.80. The summed E-state index contributed by atoms with van der Waals surface area (Å²) in [5.41, 5.74) is 3.67. The Morgan fingerprint density at radius 1 is 0.438 bits per heavy atom. The molecule has 0 saturated carbocycles. The van der Waals surface area contributed by atoms with E-state index >= 15 is 0 Å². The summed E-state index contributed by atoms with van der Waals surface area (Å²) >= 11 is 0. The number of hydrogen-bond acceptors (Lipinski definition) is 5. The molecular formula is C27H24O5. The number of phenolic OH excluding ortho intramolecular Hbond substituents is 5. The summed E-state index contributed by atoms with van der Waals surface area (Å²) in [6.45, 7) is 5.36. The van der Waals surface area contributed by atoms with Crippen molar-refractivity contribution >= 4 is 0 Å². The molecule has 0 bridgehead atoms. The number of benzene rings is 4. The zero-order valence-corrected chi connectivity index (χ0v) is 18.0. The summed E-state index contributed by atoms with van der Waals surface area (Å²) in [5.74, 6) is -0.635. The predicted octanol–water partition coefficient (Wildman–Crippen LogP) is 6.14. The molecule has 162 valence electrons. The van der Waals surface area contributed by atoms with Crippen LogP contribution in [0.1, 0.15) is 16.7 Å². The minimum Gasteiger partial charge on any atom is -0.507 e. The van der Waals surface area contributed by atoms with Gasteiger partial charge in [0.05, 0.1) is 0 Å². The van der Waals surface area contributed by atoms with E-state index in [1.165, 1.54) is 24.3 Å². The minimum absolute atomic E-state index is 0.0499. The molecule has 4 aromatic carbocycles. The van der Waals surface area contributed by atoms with Gasteiger partial charge in [0.2, 0.25) is 0 Å². The van der Waals surface area contributed by atoms with Crippen molar-refractivity contribution in [3.05, 3.63) is 77.4 Å². The first-order valence-corrected chi connectivity index (χ1v) is 10.2. The van der Waals surface area contributed by atoms with Crippen molar-refractivity contribution < 1.29 is 25.5 Å². The van der Waals surface area contributed by atoms with Crippen LogP contribution in [-0.4, -0.2) is 25.5 Å². The summed E-state index contributed by atoms with van der Waals surface area (Å²) in [6.07, 6.45) is 0. The molecule has 0 heterocycles. The van der Waals surface area contributed by atoms with Crippen molar-refractivity contribution in [1.82, 2.24) is 0 Å². The molecule has 0 spiro atoms. The van der Waals surface area contributed by atoms with E-state index in [-0.39, 0.29) is 45.4 Å². The molecule has 4 rings (SSSR count). The van der Waals surface area contributed by atoms with Gasteiger partial charge in [0.15, 0.2) is 0 Å². The molecule has 5 nitrogen and oxygen atoms in total. The summed E-state index contributed by atoms with van der Waals surface area (Å²) in [7, 11) is 0. The van der Waals surface area contributed by atoms with Crippen LogP contribution >= 0.6 is 0 Å². The molecule has 0 amide bonds. The van der Waals surface area contributed by atoms with Crippen molar-refractivity contribution in [2.75, 3.05) is 0 Å². The summed E-state index contributed by atoms with van der Waals surface area (Å²) in [5, 5.41) is 54.6. The second-order valence-electron chi connectivity index (χ2n) is 7.95. The number of rotatable bonds is 3. The van der Waals surface area contributed by atoms with E-state index in [1.54, 1.807) is 57.2 Å². The van der Waals surface area contributed by atoms with E-state index in [0.717, 1.165) is 0 Å². The molecule has 5 N–H and O–H groups in total. The molecule has 0 aromatic heterocycles. The van der Waals surface area contributed by atoms with Gasteiger partial charge >= 0.3 is 0 Å². The molecule has 0 atom stereocenters. The molecule has 0 saturated heterocycles. The molecule has 0 aliphatic rings. The van der Waals surface area contributed by atoms with Crippen LogP contribution in [0.15, 0.2) is 60.7 Å². The zero-order valence-electron chi connectivity index (χ0n) is 18.0. The van der Waals surface area contributed by atoms with E-state index in [1.807, 2.05) is 0 Å². The maximum Gasteiger partial charge on any atom is 0.132 e. The fourth-order valence-electron chi connectivity index (χ4n) is 4.30. The maximum atomic E-state index is 11.5. The summed E-state index contributed by atoms with van der Waals surface area (Å²) in [6, 6.07) is 16.3. The number of aromatic hydroxyl groups is 5. The van der Waals surface area contributed by atoms with Gasteiger partial charge in [0.1, 0.15) is 28.7 Å². The van der Waals surface area contributed by atoms with Crippen LogP contribution in [0.5, 0.6) is 28.7 Å². The van der Waals surface area contributed by atoms with E-state index in [4.69, 9.17) is 0 Å². The molecule has 0 aliphatic heterocycles. The van der Waals surface area contributed by atoms with Crippen molar-refractivity contribution in [2.45, 2.75) is 20.8 Å². The van der Waals surface area contributed by atoms with E-state index in [9.17, 15) is 25.5 Å². The highest BCUT2D eigenvalue weighted by Gasteiger charge is 2.27. The molecule has 4 aromatic rings. The standard InChI is InChI=1S/C27H24O5/c1-14-7-4-10-18(28)22(14)17-13-21(31)25(23-15(2)8-5-11-19(23)29)26(27(17)32)24-16(3)9-6-12-20(24)30/h4-13,28-32H,1-3H3. The average molecular weight is 428 g/mol. The predicted molar refractivity (Wildman–Crippen MR) is 125 cm³/mol.